The Morgan fingerprint density at radius 3 is 2.61 bits per heavy atom. The van der Waals surface area contributed by atoms with E-state index in [1.54, 1.807) is 24.3 Å². The van der Waals surface area contributed by atoms with Crippen molar-refractivity contribution in [1.29, 1.82) is 0 Å². The second-order valence-electron chi connectivity index (χ2n) is 5.19. The molecule has 1 unspecified atom stereocenters. The second kappa shape index (κ2) is 6.93. The standard InChI is InChI=1S/C16H15ClF2N2O2/c1-16(23,11-7-6-10(18)8-13(11)19)9-20-15(22)21-14-5-3-2-4-12(14)17/h2-8,23H,9H2,1H3,(H2,20,21,22). The maximum absolute atomic E-state index is 13.7. The normalized spacial score (nSPS) is 13.3. The fourth-order valence-electron chi connectivity index (χ4n) is 2.00. The molecule has 0 heterocycles. The van der Waals surface area contributed by atoms with Crippen LogP contribution in [0.2, 0.25) is 5.02 Å². The Morgan fingerprint density at radius 1 is 1.26 bits per heavy atom. The first kappa shape index (κ1) is 17.2. The van der Waals surface area contributed by atoms with Crippen LogP contribution in [0.15, 0.2) is 42.5 Å². The Kier molecular flexibility index (Phi) is 5.18. The van der Waals surface area contributed by atoms with Gasteiger partial charge in [-0.3, -0.25) is 0 Å². The number of amides is 2. The van der Waals surface area contributed by atoms with Gasteiger partial charge in [-0.2, -0.15) is 0 Å². The van der Waals surface area contributed by atoms with Gasteiger partial charge >= 0.3 is 6.03 Å². The molecule has 3 N–H and O–H groups in total. The number of benzene rings is 2. The third-order valence-corrected chi connectivity index (χ3v) is 3.56. The van der Waals surface area contributed by atoms with E-state index in [0.717, 1.165) is 12.1 Å². The fraction of sp³-hybridized carbons (Fsp3) is 0.188. The van der Waals surface area contributed by atoms with Crippen LogP contribution < -0.4 is 10.6 Å². The molecule has 23 heavy (non-hydrogen) atoms. The number of carbonyl (C=O) groups excluding carboxylic acids is 1. The highest BCUT2D eigenvalue weighted by Gasteiger charge is 2.27. The molecule has 0 bridgehead atoms. The Bertz CT molecular complexity index is 723. The van der Waals surface area contributed by atoms with E-state index >= 15 is 0 Å². The minimum Gasteiger partial charge on any atom is -0.383 e. The Labute approximate surface area is 137 Å². The van der Waals surface area contributed by atoms with Gasteiger partial charge in [-0.1, -0.05) is 29.8 Å². The van der Waals surface area contributed by atoms with Crippen LogP contribution in [0, 0.1) is 11.6 Å². The van der Waals surface area contributed by atoms with E-state index in [2.05, 4.69) is 10.6 Å². The fourth-order valence-corrected chi connectivity index (χ4v) is 2.19. The van der Waals surface area contributed by atoms with Gasteiger partial charge < -0.3 is 15.7 Å². The molecule has 2 aromatic rings. The number of urea groups is 1. The monoisotopic (exact) mass is 340 g/mol. The van der Waals surface area contributed by atoms with E-state index in [4.69, 9.17) is 11.6 Å². The Morgan fingerprint density at radius 2 is 1.96 bits per heavy atom. The van der Waals surface area contributed by atoms with Crippen LogP contribution in [-0.4, -0.2) is 17.7 Å². The highest BCUT2D eigenvalue weighted by Crippen LogP contribution is 2.24. The average Bonchev–Trinajstić information content (AvgIpc) is 2.47. The van der Waals surface area contributed by atoms with Gasteiger partial charge in [0, 0.05) is 11.6 Å². The molecule has 1 atom stereocenters. The van der Waals surface area contributed by atoms with Gasteiger partial charge in [0.1, 0.15) is 17.2 Å². The molecule has 0 aromatic heterocycles. The lowest BCUT2D eigenvalue weighted by molar-refractivity contribution is 0.0561. The zero-order valence-electron chi connectivity index (χ0n) is 12.2. The summed E-state index contributed by atoms with van der Waals surface area (Å²) < 4.78 is 26.6. The van der Waals surface area contributed by atoms with Crippen LogP contribution in [-0.2, 0) is 5.60 Å². The molecule has 122 valence electrons. The minimum absolute atomic E-state index is 0.114. The molecule has 0 saturated carbocycles. The van der Waals surface area contributed by atoms with Crippen molar-refractivity contribution in [1.82, 2.24) is 5.32 Å². The van der Waals surface area contributed by atoms with E-state index in [-0.39, 0.29) is 12.1 Å². The van der Waals surface area contributed by atoms with Gasteiger partial charge in [0.15, 0.2) is 0 Å². The third kappa shape index (κ3) is 4.40. The number of nitrogens with one attached hydrogen (secondary N) is 2. The molecule has 0 aliphatic rings. The van der Waals surface area contributed by atoms with Gasteiger partial charge in [0.2, 0.25) is 0 Å². The Balaban J connectivity index is 2.01. The van der Waals surface area contributed by atoms with Crippen molar-refractivity contribution in [2.45, 2.75) is 12.5 Å². The third-order valence-electron chi connectivity index (χ3n) is 3.23. The van der Waals surface area contributed by atoms with Crippen LogP contribution in [0.3, 0.4) is 0 Å². The minimum atomic E-state index is -1.70. The van der Waals surface area contributed by atoms with Crippen molar-refractivity contribution in [3.8, 4) is 0 Å². The average molecular weight is 341 g/mol. The van der Waals surface area contributed by atoms with E-state index in [9.17, 15) is 18.7 Å². The second-order valence-corrected chi connectivity index (χ2v) is 5.59. The molecule has 0 saturated heterocycles. The van der Waals surface area contributed by atoms with Crippen LogP contribution in [0.25, 0.3) is 0 Å². The maximum Gasteiger partial charge on any atom is 0.319 e. The number of rotatable bonds is 4. The zero-order valence-corrected chi connectivity index (χ0v) is 13.0. The smallest absolute Gasteiger partial charge is 0.319 e. The van der Waals surface area contributed by atoms with Crippen molar-refractivity contribution < 1.29 is 18.7 Å². The first-order valence-corrected chi connectivity index (χ1v) is 7.15. The molecule has 4 nitrogen and oxygen atoms in total. The van der Waals surface area contributed by atoms with Gasteiger partial charge in [-0.25, -0.2) is 13.6 Å². The number of carbonyl (C=O) groups is 1. The van der Waals surface area contributed by atoms with Crippen molar-refractivity contribution in [2.24, 2.45) is 0 Å². The highest BCUT2D eigenvalue weighted by molar-refractivity contribution is 6.33. The summed E-state index contributed by atoms with van der Waals surface area (Å²) in [5.41, 5.74) is -1.41. The lowest BCUT2D eigenvalue weighted by atomic mass is 9.95. The van der Waals surface area contributed by atoms with Crippen molar-refractivity contribution >= 4 is 23.3 Å². The number of hydrogen-bond donors (Lipinski definition) is 3. The summed E-state index contributed by atoms with van der Waals surface area (Å²) in [6.45, 7) is 1.05. The quantitative estimate of drug-likeness (QED) is 0.795. The summed E-state index contributed by atoms with van der Waals surface area (Å²) in [4.78, 5) is 11.8. The van der Waals surface area contributed by atoms with Gasteiger partial charge in [0.25, 0.3) is 0 Å². The van der Waals surface area contributed by atoms with E-state index in [0.29, 0.717) is 16.8 Å². The maximum atomic E-state index is 13.7. The summed E-state index contributed by atoms with van der Waals surface area (Å²) in [6.07, 6.45) is 0. The molecule has 0 spiro atoms. The number of anilines is 1. The zero-order chi connectivity index (χ0) is 17.0. The largest absolute Gasteiger partial charge is 0.383 e. The van der Waals surface area contributed by atoms with Crippen molar-refractivity contribution in [3.05, 3.63) is 64.7 Å². The van der Waals surface area contributed by atoms with Crippen LogP contribution in [0.5, 0.6) is 0 Å². The summed E-state index contributed by atoms with van der Waals surface area (Å²) in [5, 5.41) is 15.6. The van der Waals surface area contributed by atoms with Gasteiger partial charge in [-0.15, -0.1) is 0 Å². The van der Waals surface area contributed by atoms with E-state index in [1.807, 2.05) is 0 Å². The SMILES string of the molecule is CC(O)(CNC(=O)Nc1ccccc1Cl)c1ccc(F)cc1F. The summed E-state index contributed by atoms with van der Waals surface area (Å²) in [6, 6.07) is 8.88. The molecule has 2 aromatic carbocycles. The lowest BCUT2D eigenvalue weighted by Crippen LogP contribution is -2.41. The summed E-state index contributed by atoms with van der Waals surface area (Å²) in [7, 11) is 0. The predicted octanol–water partition coefficient (Wildman–Crippen LogP) is 3.65. The molecule has 2 rings (SSSR count). The Hall–Kier alpha value is -2.18. The molecule has 0 aliphatic carbocycles. The lowest BCUT2D eigenvalue weighted by Gasteiger charge is -2.24. The topological polar surface area (TPSA) is 61.4 Å². The van der Waals surface area contributed by atoms with Gasteiger partial charge in [0.05, 0.1) is 17.3 Å². The van der Waals surface area contributed by atoms with E-state index < -0.39 is 23.3 Å². The van der Waals surface area contributed by atoms with Gasteiger partial charge in [-0.05, 0) is 25.1 Å². The number of hydrogen-bond acceptors (Lipinski definition) is 2. The first-order chi connectivity index (χ1) is 10.8. The highest BCUT2D eigenvalue weighted by atomic mass is 35.5. The van der Waals surface area contributed by atoms with E-state index in [1.165, 1.54) is 6.92 Å². The van der Waals surface area contributed by atoms with Crippen LogP contribution in [0.4, 0.5) is 19.3 Å². The molecular formula is C16H15ClF2N2O2. The molecule has 0 fully saturated rings. The summed E-state index contributed by atoms with van der Waals surface area (Å²) in [5.74, 6) is -1.63. The van der Waals surface area contributed by atoms with Crippen LogP contribution in [0.1, 0.15) is 12.5 Å². The predicted molar refractivity (Wildman–Crippen MR) is 84.4 cm³/mol. The first-order valence-electron chi connectivity index (χ1n) is 6.77. The van der Waals surface area contributed by atoms with Crippen molar-refractivity contribution in [2.75, 3.05) is 11.9 Å². The number of aliphatic hydroxyl groups is 1. The van der Waals surface area contributed by atoms with Crippen molar-refractivity contribution in [3.63, 3.8) is 0 Å². The molecular weight excluding hydrogens is 326 g/mol. The summed E-state index contributed by atoms with van der Waals surface area (Å²) >= 11 is 5.91. The number of halogens is 3. The molecule has 0 radical (unpaired) electrons. The van der Waals surface area contributed by atoms with Crippen LogP contribution >= 0.6 is 11.6 Å². The molecule has 7 heteroatoms. The molecule has 2 amide bonds. The molecule has 0 aliphatic heterocycles. The number of para-hydroxylation sites is 1.